The Morgan fingerprint density at radius 1 is 1.38 bits per heavy atom. The first-order valence-electron chi connectivity index (χ1n) is 4.46. The molecule has 0 amide bonds. The minimum absolute atomic E-state index is 0.968. The lowest BCUT2D eigenvalue weighted by Gasteiger charge is -1.80. The Morgan fingerprint density at radius 2 is 2.31 bits per heavy atom. The largest absolute Gasteiger partial charge is 0.135 e. The fourth-order valence-corrected chi connectivity index (χ4v) is 1.39. The van der Waals surface area contributed by atoms with Crippen molar-refractivity contribution in [3.8, 4) is 23.7 Å². The average Bonchev–Trinajstić information content (AvgIpc) is 2.63. The Morgan fingerprint density at radius 3 is 3.00 bits per heavy atom. The van der Waals surface area contributed by atoms with Crippen LogP contribution < -0.4 is 0 Å². The molecule has 0 N–H and O–H groups in total. The molecule has 0 saturated carbocycles. The van der Waals surface area contributed by atoms with Gasteiger partial charge in [0.05, 0.1) is 4.88 Å². The summed E-state index contributed by atoms with van der Waals surface area (Å²) < 4.78 is 0. The molecular weight excluding hydrogens is 176 g/mol. The van der Waals surface area contributed by atoms with Crippen LogP contribution in [0.25, 0.3) is 0 Å². The standard InChI is InChI=1S/C12H12S/c1-2-3-4-5-6-7-9-12-10-8-11-13-12/h8,10-11H,2-4H2,1H3. The minimum Gasteiger partial charge on any atom is -0.135 e. The second-order valence-electron chi connectivity index (χ2n) is 2.63. The fourth-order valence-electron chi connectivity index (χ4n) is 0.814. The molecule has 1 heteroatoms. The van der Waals surface area contributed by atoms with Crippen molar-refractivity contribution >= 4 is 11.3 Å². The van der Waals surface area contributed by atoms with E-state index in [0.717, 1.165) is 11.3 Å². The monoisotopic (exact) mass is 188 g/mol. The molecule has 13 heavy (non-hydrogen) atoms. The van der Waals surface area contributed by atoms with Gasteiger partial charge in [-0.1, -0.05) is 25.3 Å². The molecule has 0 unspecified atom stereocenters. The van der Waals surface area contributed by atoms with Crippen molar-refractivity contribution in [2.45, 2.75) is 26.2 Å². The summed E-state index contributed by atoms with van der Waals surface area (Å²) in [4.78, 5) is 1.09. The molecule has 1 rings (SSSR count). The topological polar surface area (TPSA) is 0 Å². The van der Waals surface area contributed by atoms with Crippen LogP contribution in [-0.2, 0) is 0 Å². The van der Waals surface area contributed by atoms with Crippen molar-refractivity contribution in [3.63, 3.8) is 0 Å². The van der Waals surface area contributed by atoms with Gasteiger partial charge in [0.25, 0.3) is 0 Å². The van der Waals surface area contributed by atoms with E-state index in [2.05, 4.69) is 30.6 Å². The van der Waals surface area contributed by atoms with Gasteiger partial charge in [-0.15, -0.1) is 11.3 Å². The summed E-state index contributed by atoms with van der Waals surface area (Å²) in [6.45, 7) is 2.17. The van der Waals surface area contributed by atoms with Crippen molar-refractivity contribution in [1.29, 1.82) is 0 Å². The molecule has 0 spiro atoms. The van der Waals surface area contributed by atoms with Crippen molar-refractivity contribution in [1.82, 2.24) is 0 Å². The predicted octanol–water partition coefficient (Wildman–Crippen LogP) is 3.29. The summed E-state index contributed by atoms with van der Waals surface area (Å²) >= 11 is 1.65. The summed E-state index contributed by atoms with van der Waals surface area (Å²) in [7, 11) is 0. The molecular formula is C12H12S. The molecule has 0 atom stereocenters. The number of unbranched alkanes of at least 4 members (excludes halogenated alkanes) is 2. The van der Waals surface area contributed by atoms with E-state index < -0.39 is 0 Å². The van der Waals surface area contributed by atoms with Crippen LogP contribution in [0.2, 0.25) is 0 Å². The van der Waals surface area contributed by atoms with Crippen LogP contribution in [0, 0.1) is 23.7 Å². The summed E-state index contributed by atoms with van der Waals surface area (Å²) in [6, 6.07) is 4.00. The molecule has 1 heterocycles. The van der Waals surface area contributed by atoms with E-state index >= 15 is 0 Å². The number of hydrogen-bond acceptors (Lipinski definition) is 1. The lowest BCUT2D eigenvalue weighted by molar-refractivity contribution is 0.828. The van der Waals surface area contributed by atoms with Crippen LogP contribution >= 0.6 is 11.3 Å². The van der Waals surface area contributed by atoms with Gasteiger partial charge in [0.1, 0.15) is 0 Å². The maximum Gasteiger partial charge on any atom is 0.0778 e. The van der Waals surface area contributed by atoms with Crippen LogP contribution in [0.1, 0.15) is 31.1 Å². The molecule has 0 radical (unpaired) electrons. The van der Waals surface area contributed by atoms with Crippen LogP contribution in [0.15, 0.2) is 17.5 Å². The van der Waals surface area contributed by atoms with E-state index in [1.807, 2.05) is 17.5 Å². The van der Waals surface area contributed by atoms with E-state index in [9.17, 15) is 0 Å². The Bertz CT molecular complexity index is 338. The van der Waals surface area contributed by atoms with Crippen molar-refractivity contribution in [3.05, 3.63) is 22.4 Å². The number of hydrogen-bond donors (Lipinski definition) is 0. The van der Waals surface area contributed by atoms with E-state index in [4.69, 9.17) is 0 Å². The van der Waals surface area contributed by atoms with E-state index in [1.165, 1.54) is 12.8 Å². The van der Waals surface area contributed by atoms with Crippen LogP contribution in [-0.4, -0.2) is 0 Å². The van der Waals surface area contributed by atoms with Gasteiger partial charge in [-0.3, -0.25) is 0 Å². The van der Waals surface area contributed by atoms with Gasteiger partial charge in [-0.2, -0.15) is 0 Å². The normalized spacial score (nSPS) is 8.08. The molecule has 66 valence electrons. The summed E-state index contributed by atoms with van der Waals surface area (Å²) in [5, 5.41) is 2.02. The Balaban J connectivity index is 2.35. The van der Waals surface area contributed by atoms with Crippen molar-refractivity contribution < 1.29 is 0 Å². The molecule has 1 aromatic heterocycles. The molecule has 0 aliphatic rings. The molecule has 0 nitrogen and oxygen atoms in total. The van der Waals surface area contributed by atoms with Gasteiger partial charge in [0.2, 0.25) is 0 Å². The highest BCUT2D eigenvalue weighted by atomic mass is 32.1. The molecule has 0 bridgehead atoms. The van der Waals surface area contributed by atoms with E-state index in [-0.39, 0.29) is 0 Å². The first-order chi connectivity index (χ1) is 6.43. The maximum atomic E-state index is 3.03. The maximum absolute atomic E-state index is 3.03. The van der Waals surface area contributed by atoms with Gasteiger partial charge < -0.3 is 0 Å². The first kappa shape index (κ1) is 9.90. The fraction of sp³-hybridized carbons (Fsp3) is 0.333. The highest BCUT2D eigenvalue weighted by Crippen LogP contribution is 2.04. The Labute approximate surface area is 84.0 Å². The minimum atomic E-state index is 0.968. The third kappa shape index (κ3) is 4.41. The molecule has 0 saturated heterocycles. The Kier molecular flexibility index (Phi) is 4.84. The van der Waals surface area contributed by atoms with Crippen molar-refractivity contribution in [2.24, 2.45) is 0 Å². The first-order valence-corrected chi connectivity index (χ1v) is 5.34. The second kappa shape index (κ2) is 6.35. The smallest absolute Gasteiger partial charge is 0.0778 e. The highest BCUT2D eigenvalue weighted by Gasteiger charge is 1.81. The predicted molar refractivity (Wildman–Crippen MR) is 58.5 cm³/mol. The highest BCUT2D eigenvalue weighted by molar-refractivity contribution is 7.10. The zero-order chi connectivity index (χ0) is 9.36. The van der Waals surface area contributed by atoms with E-state index in [0.29, 0.717) is 0 Å². The summed E-state index contributed by atoms with van der Waals surface area (Å²) in [6.07, 6.45) is 3.34. The van der Waals surface area contributed by atoms with Gasteiger partial charge in [0, 0.05) is 6.42 Å². The van der Waals surface area contributed by atoms with Gasteiger partial charge in [-0.05, 0) is 35.6 Å². The lowest BCUT2D eigenvalue weighted by atomic mass is 10.2. The van der Waals surface area contributed by atoms with E-state index in [1.54, 1.807) is 11.3 Å². The second-order valence-corrected chi connectivity index (χ2v) is 3.58. The summed E-state index contributed by atoms with van der Waals surface area (Å²) in [5.41, 5.74) is 0. The van der Waals surface area contributed by atoms with Gasteiger partial charge in [0.15, 0.2) is 0 Å². The van der Waals surface area contributed by atoms with Gasteiger partial charge in [-0.25, -0.2) is 0 Å². The van der Waals surface area contributed by atoms with Crippen LogP contribution in [0.5, 0.6) is 0 Å². The number of rotatable bonds is 2. The number of thiophene rings is 1. The van der Waals surface area contributed by atoms with Gasteiger partial charge >= 0.3 is 0 Å². The molecule has 0 aliphatic carbocycles. The molecule has 0 fully saturated rings. The third-order valence-corrected chi connectivity index (χ3v) is 2.30. The van der Waals surface area contributed by atoms with Crippen LogP contribution in [0.4, 0.5) is 0 Å². The quantitative estimate of drug-likeness (QED) is 0.493. The van der Waals surface area contributed by atoms with Crippen LogP contribution in [0.3, 0.4) is 0 Å². The third-order valence-electron chi connectivity index (χ3n) is 1.51. The lowest BCUT2D eigenvalue weighted by Crippen LogP contribution is -1.66. The zero-order valence-electron chi connectivity index (χ0n) is 7.76. The zero-order valence-corrected chi connectivity index (χ0v) is 8.58. The molecule has 1 aromatic rings. The summed E-state index contributed by atoms with van der Waals surface area (Å²) in [5.74, 6) is 11.7. The SMILES string of the molecule is CCCCC#CC#Cc1cccs1. The molecule has 0 aliphatic heterocycles. The van der Waals surface area contributed by atoms with Crippen molar-refractivity contribution in [2.75, 3.05) is 0 Å². The average molecular weight is 188 g/mol. The Hall–Kier alpha value is -1.18. The molecule has 0 aromatic carbocycles.